The van der Waals surface area contributed by atoms with Gasteiger partial charge in [-0.15, -0.1) is 0 Å². The van der Waals surface area contributed by atoms with Crippen LogP contribution in [0.5, 0.6) is 17.2 Å². The van der Waals surface area contributed by atoms with E-state index in [0.29, 0.717) is 45.8 Å². The standard InChI is InChI=1S/C27H28AsN3O7/c1-16(32)38-20-11-9-19(10-12-20)31-27(35)30-18-7-4-17(5-8-18)6-13-25(33)28-22-15-24(37-3)23(36-2)14-21(22)26(29)34/h4-5,7-12,14-15,28H,6,13H2,1-3H3,(H2,29,34)(H2,30,31,35). The summed E-state index contributed by atoms with van der Waals surface area (Å²) in [5.74, 6) is 0.160. The van der Waals surface area contributed by atoms with Gasteiger partial charge in [0.2, 0.25) is 0 Å². The third-order valence-corrected chi connectivity index (χ3v) is 7.83. The van der Waals surface area contributed by atoms with Crippen molar-refractivity contribution in [1.29, 1.82) is 0 Å². The first-order valence-electron chi connectivity index (χ1n) is 11.5. The summed E-state index contributed by atoms with van der Waals surface area (Å²) in [4.78, 5) is 47.9. The number of hydrogen-bond donors (Lipinski definition) is 3. The molecule has 11 heteroatoms. The zero-order valence-electron chi connectivity index (χ0n) is 21.1. The number of nitrogens with two attached hydrogens (primary N) is 1. The molecule has 3 aromatic rings. The molecular weight excluding hydrogens is 553 g/mol. The number of urea groups is 1. The zero-order valence-corrected chi connectivity index (χ0v) is 23.2. The van der Waals surface area contributed by atoms with E-state index in [0.717, 1.165) is 5.56 Å². The number of aryl methyl sites for hydroxylation is 1. The van der Waals surface area contributed by atoms with E-state index in [-0.39, 0.29) is 10.1 Å². The summed E-state index contributed by atoms with van der Waals surface area (Å²) >= 11 is -1.31. The molecule has 0 heterocycles. The number of nitrogens with one attached hydrogen (secondary N) is 2. The van der Waals surface area contributed by atoms with Crippen LogP contribution in [0.3, 0.4) is 0 Å². The van der Waals surface area contributed by atoms with Crippen molar-refractivity contribution >= 4 is 54.0 Å². The molecule has 198 valence electrons. The van der Waals surface area contributed by atoms with Crippen molar-refractivity contribution in [3.63, 3.8) is 0 Å². The summed E-state index contributed by atoms with van der Waals surface area (Å²) in [5, 5.41) is 5.43. The molecule has 10 nitrogen and oxygen atoms in total. The molecule has 1 unspecified atom stereocenters. The van der Waals surface area contributed by atoms with E-state index in [2.05, 4.69) is 10.6 Å². The van der Waals surface area contributed by atoms with Gasteiger partial charge in [0.05, 0.1) is 0 Å². The molecule has 3 amide bonds. The van der Waals surface area contributed by atoms with Crippen molar-refractivity contribution < 1.29 is 33.4 Å². The molecule has 3 aromatic carbocycles. The maximum absolute atomic E-state index is 12.7. The zero-order chi connectivity index (χ0) is 27.7. The van der Waals surface area contributed by atoms with E-state index in [1.54, 1.807) is 42.5 Å². The quantitative estimate of drug-likeness (QED) is 0.179. The van der Waals surface area contributed by atoms with Crippen LogP contribution >= 0.6 is 0 Å². The van der Waals surface area contributed by atoms with Crippen LogP contribution in [0, 0.1) is 0 Å². The molecule has 38 heavy (non-hydrogen) atoms. The number of primary amides is 1. The van der Waals surface area contributed by atoms with Gasteiger partial charge in [-0.2, -0.15) is 0 Å². The summed E-state index contributed by atoms with van der Waals surface area (Å²) in [6, 6.07) is 16.3. The SMILES string of the molecule is COc1cc([AsH]C(=O)CCc2ccc(NC(=O)Nc3ccc(OC(C)=O)cc3)cc2)c(C(N)=O)cc1OC. The molecule has 1 atom stereocenters. The molecule has 4 N–H and O–H groups in total. The van der Waals surface area contributed by atoms with Crippen molar-refractivity contribution in [3.05, 3.63) is 71.8 Å². The summed E-state index contributed by atoms with van der Waals surface area (Å²) in [6.45, 7) is 1.31. The Bertz CT molecular complexity index is 1330. The topological polar surface area (TPSA) is 146 Å². The monoisotopic (exact) mass is 581 g/mol. The number of benzene rings is 3. The van der Waals surface area contributed by atoms with E-state index in [4.69, 9.17) is 19.9 Å². The number of esters is 1. The number of hydrogen-bond acceptors (Lipinski definition) is 7. The number of ether oxygens (including phenoxy) is 3. The Hall–Kier alpha value is -4.30. The third-order valence-electron chi connectivity index (χ3n) is 5.29. The van der Waals surface area contributed by atoms with Gasteiger partial charge < -0.3 is 4.74 Å². The van der Waals surface area contributed by atoms with Gasteiger partial charge in [-0.3, -0.25) is 4.79 Å². The normalized spacial score (nSPS) is 10.6. The molecule has 0 fully saturated rings. The number of rotatable bonds is 11. The van der Waals surface area contributed by atoms with Crippen molar-refractivity contribution in [2.24, 2.45) is 5.73 Å². The van der Waals surface area contributed by atoms with Gasteiger partial charge in [-0.25, -0.2) is 0 Å². The van der Waals surface area contributed by atoms with Crippen LogP contribution in [0.15, 0.2) is 60.7 Å². The number of anilines is 2. The second-order valence-electron chi connectivity index (χ2n) is 8.06. The van der Waals surface area contributed by atoms with Gasteiger partial charge in [0, 0.05) is 6.92 Å². The Kier molecular flexibility index (Phi) is 9.90. The maximum atomic E-state index is 12.7. The fourth-order valence-electron chi connectivity index (χ4n) is 3.48. The van der Waals surface area contributed by atoms with Crippen LogP contribution in [-0.4, -0.2) is 52.5 Å². The van der Waals surface area contributed by atoms with Gasteiger partial charge >= 0.3 is 192 Å². The van der Waals surface area contributed by atoms with Gasteiger partial charge in [-0.1, -0.05) is 0 Å². The molecule has 0 spiro atoms. The Morgan fingerprint density at radius 3 is 1.92 bits per heavy atom. The molecule has 0 aliphatic heterocycles. The van der Waals surface area contributed by atoms with Crippen LogP contribution in [0.4, 0.5) is 16.2 Å². The molecule has 3 rings (SSSR count). The fourth-order valence-corrected chi connectivity index (χ4v) is 5.75. The average molecular weight is 581 g/mol. The molecule has 0 radical (unpaired) electrons. The van der Waals surface area contributed by atoms with Crippen molar-refractivity contribution in [3.8, 4) is 17.2 Å². The first kappa shape index (κ1) is 28.3. The molecule has 0 aliphatic carbocycles. The Balaban J connectivity index is 1.53. The summed E-state index contributed by atoms with van der Waals surface area (Å²) in [7, 11) is 2.95. The number of carbonyl (C=O) groups is 4. The van der Waals surface area contributed by atoms with E-state index in [9.17, 15) is 19.2 Å². The van der Waals surface area contributed by atoms with E-state index in [1.165, 1.54) is 27.2 Å². The fraction of sp³-hybridized carbons (Fsp3) is 0.185. The molecule has 0 bridgehead atoms. The minimum absolute atomic E-state index is 0.0565. The van der Waals surface area contributed by atoms with Crippen molar-refractivity contribution in [1.82, 2.24) is 0 Å². The molecule has 0 saturated heterocycles. The Morgan fingerprint density at radius 1 is 0.842 bits per heavy atom. The van der Waals surface area contributed by atoms with Crippen LogP contribution < -0.4 is 34.9 Å². The second-order valence-corrected chi connectivity index (χ2v) is 10.9. The Labute approximate surface area is 226 Å². The number of amides is 3. The first-order valence-corrected chi connectivity index (χ1v) is 13.6. The molecular formula is C27H28AsN3O7. The van der Waals surface area contributed by atoms with Crippen molar-refractivity contribution in [2.45, 2.75) is 19.8 Å². The summed E-state index contributed by atoms with van der Waals surface area (Å²) in [5.41, 5.74) is 7.82. The summed E-state index contributed by atoms with van der Waals surface area (Å²) in [6.07, 6.45) is 0.825. The number of carbonyl (C=O) groups excluding carboxylic acids is 4. The molecule has 0 aliphatic rings. The van der Waals surface area contributed by atoms with Crippen LogP contribution in [0.1, 0.15) is 29.3 Å². The van der Waals surface area contributed by atoms with Gasteiger partial charge in [-0.05, 0) is 12.1 Å². The third kappa shape index (κ3) is 8.11. The average Bonchev–Trinajstić information content (AvgIpc) is 2.88. The van der Waals surface area contributed by atoms with Gasteiger partial charge in [0.25, 0.3) is 0 Å². The molecule has 0 aromatic heterocycles. The predicted molar refractivity (Wildman–Crippen MR) is 145 cm³/mol. The van der Waals surface area contributed by atoms with E-state index >= 15 is 0 Å². The molecule has 0 saturated carbocycles. The second kappa shape index (κ2) is 13.3. The predicted octanol–water partition coefficient (Wildman–Crippen LogP) is 2.59. The van der Waals surface area contributed by atoms with Gasteiger partial charge in [0.1, 0.15) is 5.75 Å². The first-order chi connectivity index (χ1) is 18.2. The summed E-state index contributed by atoms with van der Waals surface area (Å²) < 4.78 is 16.1. The number of methoxy groups -OCH3 is 2. The van der Waals surface area contributed by atoms with Crippen LogP contribution in [0.2, 0.25) is 0 Å². The van der Waals surface area contributed by atoms with Crippen molar-refractivity contribution in [2.75, 3.05) is 24.9 Å². The van der Waals surface area contributed by atoms with Crippen LogP contribution in [0.25, 0.3) is 0 Å². The Morgan fingerprint density at radius 2 is 1.39 bits per heavy atom. The van der Waals surface area contributed by atoms with E-state index in [1.807, 2.05) is 12.1 Å². The van der Waals surface area contributed by atoms with E-state index < -0.39 is 33.7 Å². The van der Waals surface area contributed by atoms with Gasteiger partial charge in [0.15, 0.2) is 0 Å². The minimum atomic E-state index is -1.31. The van der Waals surface area contributed by atoms with Crippen LogP contribution in [-0.2, 0) is 16.0 Å².